The van der Waals surface area contributed by atoms with Crippen molar-refractivity contribution in [1.29, 1.82) is 0 Å². The predicted molar refractivity (Wildman–Crippen MR) is 74.5 cm³/mol. The molecule has 1 saturated carbocycles. The van der Waals surface area contributed by atoms with Crippen molar-refractivity contribution >= 4 is 5.69 Å². The largest absolute Gasteiger partial charge is 0.398 e. The number of aromatic nitrogens is 4. The SMILES string of the molecule is Cc1cccc(N)c1-c1nnnn1C1CCCCC1. The number of aryl methyl sites for hydroxylation is 1. The zero-order valence-electron chi connectivity index (χ0n) is 11.2. The first kappa shape index (κ1) is 12.1. The molecule has 0 amide bonds. The molecule has 1 aromatic carbocycles. The zero-order chi connectivity index (χ0) is 13.2. The van der Waals surface area contributed by atoms with Crippen LogP contribution in [0, 0.1) is 6.92 Å². The molecule has 1 heterocycles. The third kappa shape index (κ3) is 2.20. The van der Waals surface area contributed by atoms with Crippen LogP contribution in [0.3, 0.4) is 0 Å². The minimum Gasteiger partial charge on any atom is -0.398 e. The molecular formula is C14H19N5. The summed E-state index contributed by atoms with van der Waals surface area (Å²) in [5, 5.41) is 12.3. The van der Waals surface area contributed by atoms with Gasteiger partial charge in [0.2, 0.25) is 0 Å². The van der Waals surface area contributed by atoms with E-state index in [0.29, 0.717) is 6.04 Å². The summed E-state index contributed by atoms with van der Waals surface area (Å²) in [6.45, 7) is 2.05. The van der Waals surface area contributed by atoms with Gasteiger partial charge in [-0.1, -0.05) is 31.4 Å². The number of hydrogen-bond acceptors (Lipinski definition) is 4. The minimum atomic E-state index is 0.415. The molecule has 2 N–H and O–H groups in total. The molecule has 0 bridgehead atoms. The van der Waals surface area contributed by atoms with Gasteiger partial charge < -0.3 is 5.73 Å². The summed E-state index contributed by atoms with van der Waals surface area (Å²) in [5.74, 6) is 0.808. The summed E-state index contributed by atoms with van der Waals surface area (Å²) in [6.07, 6.45) is 6.15. The van der Waals surface area contributed by atoms with Crippen molar-refractivity contribution in [2.24, 2.45) is 0 Å². The van der Waals surface area contributed by atoms with E-state index in [2.05, 4.69) is 15.5 Å². The Kier molecular flexibility index (Phi) is 3.19. The van der Waals surface area contributed by atoms with E-state index in [1.165, 1.54) is 19.3 Å². The number of hydrogen-bond donors (Lipinski definition) is 1. The lowest BCUT2D eigenvalue weighted by Crippen LogP contribution is -2.16. The first-order chi connectivity index (χ1) is 9.27. The van der Waals surface area contributed by atoms with Crippen LogP contribution in [-0.2, 0) is 0 Å². The van der Waals surface area contributed by atoms with Crippen molar-refractivity contribution in [2.45, 2.75) is 45.1 Å². The molecule has 2 aromatic rings. The highest BCUT2D eigenvalue weighted by Crippen LogP contribution is 2.33. The van der Waals surface area contributed by atoms with E-state index in [1.807, 2.05) is 29.8 Å². The van der Waals surface area contributed by atoms with Crippen LogP contribution in [0.5, 0.6) is 0 Å². The highest BCUT2D eigenvalue weighted by Gasteiger charge is 2.22. The summed E-state index contributed by atoms with van der Waals surface area (Å²) in [4.78, 5) is 0. The Balaban J connectivity index is 2.04. The maximum Gasteiger partial charge on any atom is 0.184 e. The Morgan fingerprint density at radius 1 is 1.21 bits per heavy atom. The fraction of sp³-hybridized carbons (Fsp3) is 0.500. The van der Waals surface area contributed by atoms with Gasteiger partial charge >= 0.3 is 0 Å². The van der Waals surface area contributed by atoms with Gasteiger partial charge in [-0.2, -0.15) is 0 Å². The molecular weight excluding hydrogens is 238 g/mol. The second kappa shape index (κ2) is 4.99. The quantitative estimate of drug-likeness (QED) is 0.840. The Bertz CT molecular complexity index is 549. The molecule has 1 aliphatic carbocycles. The van der Waals surface area contributed by atoms with E-state index in [9.17, 15) is 0 Å². The van der Waals surface area contributed by atoms with Gasteiger partial charge in [0.15, 0.2) is 5.82 Å². The smallest absolute Gasteiger partial charge is 0.184 e. The second-order valence-corrected chi connectivity index (χ2v) is 5.28. The van der Waals surface area contributed by atoms with Crippen LogP contribution in [-0.4, -0.2) is 20.2 Å². The van der Waals surface area contributed by atoms with Gasteiger partial charge in [0.25, 0.3) is 0 Å². The average Bonchev–Trinajstić information content (AvgIpc) is 2.89. The topological polar surface area (TPSA) is 69.6 Å². The molecule has 100 valence electrons. The van der Waals surface area contributed by atoms with E-state index in [-0.39, 0.29) is 0 Å². The summed E-state index contributed by atoms with van der Waals surface area (Å²) in [6, 6.07) is 6.33. The van der Waals surface area contributed by atoms with E-state index in [1.54, 1.807) is 0 Å². The molecule has 3 rings (SSSR count). The first-order valence-electron chi connectivity index (χ1n) is 6.90. The number of benzene rings is 1. The van der Waals surface area contributed by atoms with Crippen LogP contribution in [0.15, 0.2) is 18.2 Å². The van der Waals surface area contributed by atoms with Gasteiger partial charge in [-0.3, -0.25) is 0 Å². The van der Waals surface area contributed by atoms with Crippen LogP contribution in [0.25, 0.3) is 11.4 Å². The lowest BCUT2D eigenvalue weighted by molar-refractivity contribution is 0.327. The minimum absolute atomic E-state index is 0.415. The summed E-state index contributed by atoms with van der Waals surface area (Å²) < 4.78 is 1.97. The molecule has 0 unspecified atom stereocenters. The standard InChI is InChI=1S/C14H19N5/c1-10-6-5-9-12(15)13(10)14-16-17-18-19(14)11-7-3-2-4-8-11/h5-6,9,11H,2-4,7-8,15H2,1H3. The molecule has 5 nitrogen and oxygen atoms in total. The summed E-state index contributed by atoms with van der Waals surface area (Å²) in [7, 11) is 0. The Labute approximate surface area is 112 Å². The first-order valence-corrected chi connectivity index (χ1v) is 6.90. The highest BCUT2D eigenvalue weighted by molar-refractivity contribution is 5.74. The second-order valence-electron chi connectivity index (χ2n) is 5.28. The van der Waals surface area contributed by atoms with Crippen molar-refractivity contribution < 1.29 is 0 Å². The lowest BCUT2D eigenvalue weighted by Gasteiger charge is -2.22. The fourth-order valence-electron chi connectivity index (χ4n) is 2.93. The molecule has 0 saturated heterocycles. The van der Waals surface area contributed by atoms with Gasteiger partial charge in [-0.05, 0) is 41.8 Å². The molecule has 1 aliphatic rings. The van der Waals surface area contributed by atoms with E-state index in [4.69, 9.17) is 5.73 Å². The van der Waals surface area contributed by atoms with Crippen molar-refractivity contribution in [3.05, 3.63) is 23.8 Å². The molecule has 5 heteroatoms. The Hall–Kier alpha value is -1.91. The maximum atomic E-state index is 6.10. The molecule has 0 radical (unpaired) electrons. The Morgan fingerprint density at radius 3 is 2.74 bits per heavy atom. The number of rotatable bonds is 2. The van der Waals surface area contributed by atoms with Gasteiger partial charge in [-0.15, -0.1) is 5.10 Å². The third-order valence-electron chi connectivity index (χ3n) is 3.94. The average molecular weight is 257 g/mol. The molecule has 0 aliphatic heterocycles. The van der Waals surface area contributed by atoms with Gasteiger partial charge in [0.05, 0.1) is 6.04 Å². The normalized spacial score (nSPS) is 16.7. The van der Waals surface area contributed by atoms with Gasteiger partial charge in [-0.25, -0.2) is 4.68 Å². The number of nitrogen functional groups attached to an aromatic ring is 1. The number of nitrogens with two attached hydrogens (primary N) is 1. The van der Waals surface area contributed by atoms with Crippen molar-refractivity contribution in [2.75, 3.05) is 5.73 Å². The molecule has 1 aromatic heterocycles. The predicted octanol–water partition coefficient (Wildman–Crippen LogP) is 2.74. The molecule has 1 fully saturated rings. The number of nitrogens with zero attached hydrogens (tertiary/aromatic N) is 4. The van der Waals surface area contributed by atoms with Crippen LogP contribution in [0.4, 0.5) is 5.69 Å². The van der Waals surface area contributed by atoms with Gasteiger partial charge in [0, 0.05) is 11.3 Å². The lowest BCUT2D eigenvalue weighted by atomic mass is 9.95. The monoisotopic (exact) mass is 257 g/mol. The third-order valence-corrected chi connectivity index (χ3v) is 3.94. The van der Waals surface area contributed by atoms with Gasteiger partial charge in [0.1, 0.15) is 0 Å². The molecule has 0 atom stereocenters. The van der Waals surface area contributed by atoms with Crippen LogP contribution in [0.1, 0.15) is 43.7 Å². The van der Waals surface area contributed by atoms with Crippen molar-refractivity contribution in [3.8, 4) is 11.4 Å². The maximum absolute atomic E-state index is 6.10. The van der Waals surface area contributed by atoms with Crippen molar-refractivity contribution in [3.63, 3.8) is 0 Å². The van der Waals surface area contributed by atoms with Crippen LogP contribution < -0.4 is 5.73 Å². The van der Waals surface area contributed by atoms with Crippen LogP contribution in [0.2, 0.25) is 0 Å². The highest BCUT2D eigenvalue weighted by atomic mass is 15.5. The fourth-order valence-corrected chi connectivity index (χ4v) is 2.93. The van der Waals surface area contributed by atoms with E-state index < -0.39 is 0 Å². The summed E-state index contributed by atoms with van der Waals surface area (Å²) >= 11 is 0. The number of anilines is 1. The van der Waals surface area contributed by atoms with Crippen LogP contribution >= 0.6 is 0 Å². The molecule has 0 spiro atoms. The zero-order valence-corrected chi connectivity index (χ0v) is 11.2. The molecule has 19 heavy (non-hydrogen) atoms. The Morgan fingerprint density at radius 2 is 2.00 bits per heavy atom. The van der Waals surface area contributed by atoms with Crippen molar-refractivity contribution in [1.82, 2.24) is 20.2 Å². The van der Waals surface area contributed by atoms with E-state index >= 15 is 0 Å². The summed E-state index contributed by atoms with van der Waals surface area (Å²) in [5.41, 5.74) is 8.93. The number of tetrazole rings is 1. The van der Waals surface area contributed by atoms with E-state index in [0.717, 1.165) is 35.5 Å².